The summed E-state index contributed by atoms with van der Waals surface area (Å²) in [6, 6.07) is 10.2. The van der Waals surface area contributed by atoms with Gasteiger partial charge in [-0.15, -0.1) is 0 Å². The first-order valence-corrected chi connectivity index (χ1v) is 7.06. The minimum atomic E-state index is -0.356. The van der Waals surface area contributed by atoms with Crippen LogP contribution < -0.4 is 0 Å². The molecule has 0 atom stereocenters. The van der Waals surface area contributed by atoms with Gasteiger partial charge in [0.2, 0.25) is 0 Å². The number of carbonyl (C=O) groups excluding carboxylic acids is 1. The van der Waals surface area contributed by atoms with Crippen molar-refractivity contribution in [2.45, 2.75) is 19.3 Å². The van der Waals surface area contributed by atoms with Crippen molar-refractivity contribution in [3.63, 3.8) is 0 Å². The molecule has 0 saturated carbocycles. The van der Waals surface area contributed by atoms with Crippen LogP contribution in [0.2, 0.25) is 0 Å². The number of fused-ring (bicyclic) bond motifs is 1. The van der Waals surface area contributed by atoms with Crippen LogP contribution in [0.1, 0.15) is 33.5 Å². The first-order valence-electron chi connectivity index (χ1n) is 6.27. The van der Waals surface area contributed by atoms with Crippen LogP contribution in [0.4, 0.5) is 4.39 Å². The lowest BCUT2D eigenvalue weighted by Gasteiger charge is -2.05. The highest BCUT2D eigenvalue weighted by Crippen LogP contribution is 2.25. The minimum Gasteiger partial charge on any atom is -0.289 e. The molecule has 3 heteroatoms. The third kappa shape index (κ3) is 2.35. The van der Waals surface area contributed by atoms with Gasteiger partial charge >= 0.3 is 0 Å². The molecular weight excluding hydrogens is 307 g/mol. The Balaban J connectivity index is 1.97. The van der Waals surface area contributed by atoms with E-state index in [4.69, 9.17) is 0 Å². The molecule has 0 amide bonds. The molecule has 0 unspecified atom stereocenters. The molecule has 1 nitrogen and oxygen atoms in total. The van der Waals surface area contributed by atoms with Crippen molar-refractivity contribution < 1.29 is 9.18 Å². The zero-order valence-electron chi connectivity index (χ0n) is 10.2. The van der Waals surface area contributed by atoms with E-state index in [0.717, 1.165) is 19.3 Å². The van der Waals surface area contributed by atoms with Crippen LogP contribution in [-0.2, 0) is 12.8 Å². The van der Waals surface area contributed by atoms with Gasteiger partial charge in [-0.3, -0.25) is 4.79 Å². The maximum Gasteiger partial charge on any atom is 0.193 e. The smallest absolute Gasteiger partial charge is 0.193 e. The maximum absolute atomic E-state index is 13.2. The highest BCUT2D eigenvalue weighted by atomic mass is 79.9. The Hall–Kier alpha value is -1.48. The van der Waals surface area contributed by atoms with Crippen molar-refractivity contribution in [1.29, 1.82) is 0 Å². The van der Waals surface area contributed by atoms with Crippen molar-refractivity contribution in [1.82, 2.24) is 0 Å². The maximum atomic E-state index is 13.2. The van der Waals surface area contributed by atoms with Gasteiger partial charge in [0, 0.05) is 11.1 Å². The van der Waals surface area contributed by atoms with E-state index in [2.05, 4.69) is 15.9 Å². The van der Waals surface area contributed by atoms with Crippen LogP contribution in [0.25, 0.3) is 0 Å². The molecule has 0 radical (unpaired) electrons. The summed E-state index contributed by atoms with van der Waals surface area (Å²) in [7, 11) is 0. The number of hydrogen-bond acceptors (Lipinski definition) is 1. The zero-order chi connectivity index (χ0) is 13.4. The van der Waals surface area contributed by atoms with E-state index in [1.54, 1.807) is 0 Å². The second-order valence-electron chi connectivity index (χ2n) is 4.80. The molecule has 0 fully saturated rings. The Labute approximate surface area is 119 Å². The van der Waals surface area contributed by atoms with Gasteiger partial charge in [-0.1, -0.05) is 12.1 Å². The van der Waals surface area contributed by atoms with Crippen LogP contribution in [0.3, 0.4) is 0 Å². The average Bonchev–Trinajstić information content (AvgIpc) is 2.88. The van der Waals surface area contributed by atoms with Crippen molar-refractivity contribution in [3.05, 3.63) is 68.9 Å². The zero-order valence-corrected chi connectivity index (χ0v) is 11.8. The molecule has 1 aliphatic carbocycles. The van der Waals surface area contributed by atoms with Crippen LogP contribution >= 0.6 is 15.9 Å². The molecule has 3 rings (SSSR count). The molecule has 96 valence electrons. The number of aryl methyl sites for hydroxylation is 2. The molecule has 2 aromatic carbocycles. The van der Waals surface area contributed by atoms with Crippen LogP contribution in [-0.4, -0.2) is 5.78 Å². The van der Waals surface area contributed by atoms with Gasteiger partial charge in [-0.2, -0.15) is 0 Å². The summed E-state index contributed by atoms with van der Waals surface area (Å²) >= 11 is 3.11. The lowest BCUT2D eigenvalue weighted by Crippen LogP contribution is -2.02. The van der Waals surface area contributed by atoms with E-state index in [-0.39, 0.29) is 11.6 Å². The predicted molar refractivity (Wildman–Crippen MR) is 76.0 cm³/mol. The molecule has 0 bridgehead atoms. The predicted octanol–water partition coefficient (Wildman–Crippen LogP) is 4.31. The summed E-state index contributed by atoms with van der Waals surface area (Å²) in [5, 5.41) is 0. The summed E-state index contributed by atoms with van der Waals surface area (Å²) in [6.45, 7) is 0. The summed E-state index contributed by atoms with van der Waals surface area (Å²) in [5.41, 5.74) is 3.80. The number of ketones is 1. The first kappa shape index (κ1) is 12.5. The number of benzene rings is 2. The van der Waals surface area contributed by atoms with E-state index in [1.165, 1.54) is 29.3 Å². The molecule has 0 saturated heterocycles. The van der Waals surface area contributed by atoms with Crippen LogP contribution in [0.15, 0.2) is 40.9 Å². The van der Waals surface area contributed by atoms with Gasteiger partial charge in [-0.05, 0) is 70.6 Å². The number of hydrogen-bond donors (Lipinski definition) is 0. The lowest BCUT2D eigenvalue weighted by molar-refractivity contribution is 0.103. The number of halogens is 2. The fraction of sp³-hybridized carbons (Fsp3) is 0.188. The van der Waals surface area contributed by atoms with E-state index in [0.29, 0.717) is 15.6 Å². The van der Waals surface area contributed by atoms with Crippen molar-refractivity contribution in [2.24, 2.45) is 0 Å². The summed E-state index contributed by atoms with van der Waals surface area (Å²) in [5.74, 6) is -0.416. The number of carbonyl (C=O) groups is 1. The normalized spacial score (nSPS) is 13.4. The van der Waals surface area contributed by atoms with E-state index in [9.17, 15) is 9.18 Å². The molecule has 2 aromatic rings. The minimum absolute atomic E-state index is 0.0598. The Morgan fingerprint density at radius 2 is 1.68 bits per heavy atom. The standard InChI is InChI=1S/C16H12BrFO/c17-14-9-13(6-7-15(14)18)16(19)12-5-4-10-2-1-3-11(10)8-12/h4-9H,1-3H2. The molecule has 0 heterocycles. The Kier molecular flexibility index (Phi) is 3.23. The Bertz CT molecular complexity index is 664. The number of rotatable bonds is 2. The molecule has 0 spiro atoms. The average molecular weight is 319 g/mol. The monoisotopic (exact) mass is 318 g/mol. The summed E-state index contributed by atoms with van der Waals surface area (Å²) in [6.07, 6.45) is 3.31. The van der Waals surface area contributed by atoms with E-state index in [1.807, 2.05) is 18.2 Å². The molecule has 1 aliphatic rings. The summed E-state index contributed by atoms with van der Waals surface area (Å²) in [4.78, 5) is 12.4. The molecule has 19 heavy (non-hydrogen) atoms. The second kappa shape index (κ2) is 4.89. The van der Waals surface area contributed by atoms with E-state index < -0.39 is 0 Å². The van der Waals surface area contributed by atoms with Crippen LogP contribution in [0, 0.1) is 5.82 Å². The molecule has 0 aliphatic heterocycles. The highest BCUT2D eigenvalue weighted by molar-refractivity contribution is 9.10. The topological polar surface area (TPSA) is 17.1 Å². The fourth-order valence-corrected chi connectivity index (χ4v) is 2.90. The van der Waals surface area contributed by atoms with Gasteiger partial charge in [0.05, 0.1) is 4.47 Å². The molecule has 0 N–H and O–H groups in total. The third-order valence-corrected chi connectivity index (χ3v) is 4.15. The second-order valence-corrected chi connectivity index (χ2v) is 5.65. The SMILES string of the molecule is O=C(c1ccc(F)c(Br)c1)c1ccc2c(c1)CCC2. The molecule has 0 aromatic heterocycles. The van der Waals surface area contributed by atoms with Crippen molar-refractivity contribution in [2.75, 3.05) is 0 Å². The van der Waals surface area contributed by atoms with Crippen LogP contribution in [0.5, 0.6) is 0 Å². The molecular formula is C16H12BrFO. The fourth-order valence-electron chi connectivity index (χ4n) is 2.52. The largest absolute Gasteiger partial charge is 0.289 e. The summed E-state index contributed by atoms with van der Waals surface area (Å²) < 4.78 is 13.5. The van der Waals surface area contributed by atoms with Gasteiger partial charge in [0.25, 0.3) is 0 Å². The first-order chi connectivity index (χ1) is 9.15. The van der Waals surface area contributed by atoms with Crippen molar-refractivity contribution >= 4 is 21.7 Å². The third-order valence-electron chi connectivity index (χ3n) is 3.54. The highest BCUT2D eigenvalue weighted by Gasteiger charge is 2.15. The van der Waals surface area contributed by atoms with Gasteiger partial charge < -0.3 is 0 Å². The Morgan fingerprint density at radius 1 is 1.00 bits per heavy atom. The van der Waals surface area contributed by atoms with Crippen molar-refractivity contribution in [3.8, 4) is 0 Å². The quantitative estimate of drug-likeness (QED) is 0.754. The van der Waals surface area contributed by atoms with Gasteiger partial charge in [0.15, 0.2) is 5.78 Å². The van der Waals surface area contributed by atoms with Gasteiger partial charge in [-0.25, -0.2) is 4.39 Å². The lowest BCUT2D eigenvalue weighted by atomic mass is 9.99. The van der Waals surface area contributed by atoms with Gasteiger partial charge in [0.1, 0.15) is 5.82 Å². The van der Waals surface area contributed by atoms with E-state index >= 15 is 0 Å². The Morgan fingerprint density at radius 3 is 2.47 bits per heavy atom.